The molecule has 0 unspecified atom stereocenters. The summed E-state index contributed by atoms with van der Waals surface area (Å²) in [7, 11) is 0. The van der Waals surface area contributed by atoms with Crippen molar-refractivity contribution in [3.8, 4) is 5.75 Å². The normalized spacial score (nSPS) is 23.1. The van der Waals surface area contributed by atoms with Crippen molar-refractivity contribution in [3.05, 3.63) is 58.1 Å². The number of carbonyl (C=O) groups is 2. The maximum atomic E-state index is 13.7. The molecule has 0 saturated carbocycles. The first-order chi connectivity index (χ1) is 14.6. The Kier molecular flexibility index (Phi) is 5.48. The Balaban J connectivity index is 1.99. The van der Waals surface area contributed by atoms with E-state index in [1.165, 1.54) is 0 Å². The molecule has 1 amide bonds. The van der Waals surface area contributed by atoms with Gasteiger partial charge in [-0.05, 0) is 30.0 Å². The molecule has 7 heteroatoms. The molecule has 6 nitrogen and oxygen atoms in total. The van der Waals surface area contributed by atoms with Crippen molar-refractivity contribution in [2.24, 2.45) is 5.41 Å². The molecule has 0 fully saturated rings. The van der Waals surface area contributed by atoms with Crippen molar-refractivity contribution >= 4 is 29.2 Å². The van der Waals surface area contributed by atoms with Crippen LogP contribution in [0.4, 0.5) is 5.69 Å². The monoisotopic (exact) mass is 443 g/mol. The molecule has 1 N–H and O–H groups in total. The zero-order chi connectivity index (χ0) is 22.5. The molecule has 2 aromatic carbocycles. The Morgan fingerprint density at radius 3 is 2.58 bits per heavy atom. The van der Waals surface area contributed by atoms with E-state index in [1.807, 2.05) is 58.0 Å². The van der Waals surface area contributed by atoms with Crippen molar-refractivity contribution in [3.63, 3.8) is 0 Å². The summed E-state index contributed by atoms with van der Waals surface area (Å²) >= 11 is 6.51. The predicted molar refractivity (Wildman–Crippen MR) is 118 cm³/mol. The molecule has 4 rings (SSSR count). The summed E-state index contributed by atoms with van der Waals surface area (Å²) in [5.74, 6) is -0.869. The predicted octanol–water partition coefficient (Wildman–Crippen LogP) is 4.75. The fourth-order valence-electron chi connectivity index (χ4n) is 4.31. The van der Waals surface area contributed by atoms with Crippen LogP contribution in [-0.4, -0.2) is 35.7 Å². The van der Waals surface area contributed by atoms with E-state index >= 15 is 0 Å². The lowest BCUT2D eigenvalue weighted by atomic mass is 9.84. The molecule has 2 aliphatic heterocycles. The number of halogens is 1. The number of anilines is 1. The van der Waals surface area contributed by atoms with Crippen molar-refractivity contribution < 1.29 is 24.2 Å². The highest BCUT2D eigenvalue weighted by molar-refractivity contribution is 6.31. The van der Waals surface area contributed by atoms with Gasteiger partial charge >= 0.3 is 5.97 Å². The van der Waals surface area contributed by atoms with Gasteiger partial charge in [-0.25, -0.2) is 0 Å². The number of carboxylic acids is 1. The van der Waals surface area contributed by atoms with Crippen LogP contribution in [0.3, 0.4) is 0 Å². The summed E-state index contributed by atoms with van der Waals surface area (Å²) in [6.07, 6.45) is -2.29. The van der Waals surface area contributed by atoms with Crippen LogP contribution in [0.5, 0.6) is 5.75 Å². The van der Waals surface area contributed by atoms with Gasteiger partial charge in [-0.1, -0.05) is 56.6 Å². The number of ether oxygens (including phenoxy) is 2. The average Bonchev–Trinajstić information content (AvgIpc) is 2.79. The minimum Gasteiger partial charge on any atom is -0.489 e. The number of rotatable bonds is 3. The lowest BCUT2D eigenvalue weighted by Gasteiger charge is -2.44. The standard InChI is InChI=1S/C24H26ClNO5/c1-13-9-15-21-17(10-13)30-12-19(24(2,3)4)26(21)23(29)18(11-20(27)28)31-22(15)14-7-5-6-8-16(14)25/h5-10,18-19,22H,11-12H2,1-4H3,(H,27,28)/t18-,19+,22-/m1/s1. The van der Waals surface area contributed by atoms with Gasteiger partial charge in [0.25, 0.3) is 5.91 Å². The first-order valence-corrected chi connectivity index (χ1v) is 10.7. The molecule has 0 radical (unpaired) electrons. The van der Waals surface area contributed by atoms with E-state index < -0.39 is 24.6 Å². The lowest BCUT2D eigenvalue weighted by molar-refractivity contribution is -0.147. The van der Waals surface area contributed by atoms with Gasteiger partial charge in [0.2, 0.25) is 0 Å². The molecule has 2 aliphatic rings. The summed E-state index contributed by atoms with van der Waals surface area (Å²) in [4.78, 5) is 27.0. The van der Waals surface area contributed by atoms with Crippen LogP contribution in [-0.2, 0) is 14.3 Å². The Labute approximate surface area is 186 Å². The molecule has 0 saturated heterocycles. The van der Waals surface area contributed by atoms with Crippen molar-refractivity contribution in [2.75, 3.05) is 11.5 Å². The summed E-state index contributed by atoms with van der Waals surface area (Å²) in [6, 6.07) is 10.8. The van der Waals surface area contributed by atoms with Gasteiger partial charge in [0, 0.05) is 16.1 Å². The van der Waals surface area contributed by atoms with Crippen LogP contribution in [0.1, 0.15) is 50.0 Å². The second kappa shape index (κ2) is 7.84. The highest BCUT2D eigenvalue weighted by atomic mass is 35.5. The number of aliphatic carboxylic acids is 1. The first kappa shape index (κ1) is 21.7. The van der Waals surface area contributed by atoms with Gasteiger partial charge in [0.15, 0.2) is 0 Å². The minimum atomic E-state index is -1.15. The minimum absolute atomic E-state index is 0.279. The van der Waals surface area contributed by atoms with Gasteiger partial charge < -0.3 is 14.6 Å². The highest BCUT2D eigenvalue weighted by Gasteiger charge is 2.47. The molecule has 0 spiro atoms. The Morgan fingerprint density at radius 1 is 1.23 bits per heavy atom. The largest absolute Gasteiger partial charge is 0.489 e. The van der Waals surface area contributed by atoms with E-state index in [0.717, 1.165) is 11.1 Å². The topological polar surface area (TPSA) is 76.1 Å². The van der Waals surface area contributed by atoms with Crippen molar-refractivity contribution in [1.82, 2.24) is 0 Å². The van der Waals surface area contributed by atoms with E-state index in [1.54, 1.807) is 11.0 Å². The van der Waals surface area contributed by atoms with Crippen LogP contribution < -0.4 is 9.64 Å². The van der Waals surface area contributed by atoms with Crippen LogP contribution in [0.15, 0.2) is 36.4 Å². The van der Waals surface area contributed by atoms with E-state index in [2.05, 4.69) is 0 Å². The number of hydrogen-bond acceptors (Lipinski definition) is 4. The second-order valence-electron chi connectivity index (χ2n) is 9.23. The maximum Gasteiger partial charge on any atom is 0.306 e. The van der Waals surface area contributed by atoms with E-state index in [4.69, 9.17) is 21.1 Å². The van der Waals surface area contributed by atoms with Crippen molar-refractivity contribution in [2.45, 2.75) is 52.4 Å². The number of carbonyl (C=O) groups excluding carboxylic acids is 1. The Morgan fingerprint density at radius 2 is 1.94 bits per heavy atom. The molecule has 2 heterocycles. The molecule has 0 aliphatic carbocycles. The van der Waals surface area contributed by atoms with E-state index in [0.29, 0.717) is 28.6 Å². The SMILES string of the molecule is Cc1cc2c3c(c1)[C@@H](c1ccccc1Cl)O[C@H](CC(=O)O)C(=O)N3[C@H](C(C)(C)C)CO2. The molecule has 164 valence electrons. The van der Waals surface area contributed by atoms with Crippen LogP contribution >= 0.6 is 11.6 Å². The number of benzene rings is 2. The van der Waals surface area contributed by atoms with Gasteiger partial charge in [0.1, 0.15) is 24.6 Å². The van der Waals surface area contributed by atoms with Gasteiger partial charge in [-0.2, -0.15) is 0 Å². The molecule has 0 aromatic heterocycles. The fourth-order valence-corrected chi connectivity index (χ4v) is 4.55. The molecular weight excluding hydrogens is 418 g/mol. The number of carboxylic acid groups (broad SMARTS) is 1. The van der Waals surface area contributed by atoms with Gasteiger partial charge in [-0.3, -0.25) is 14.5 Å². The zero-order valence-electron chi connectivity index (χ0n) is 18.0. The third kappa shape index (κ3) is 3.90. The number of hydrogen-bond donors (Lipinski definition) is 1. The van der Waals surface area contributed by atoms with Crippen LogP contribution in [0.25, 0.3) is 0 Å². The Bertz CT molecular complexity index is 1040. The van der Waals surface area contributed by atoms with Crippen molar-refractivity contribution in [1.29, 1.82) is 0 Å². The third-order valence-corrected chi connectivity index (χ3v) is 6.19. The summed E-state index contributed by atoms with van der Waals surface area (Å²) in [5.41, 5.74) is 2.72. The number of aryl methyl sites for hydroxylation is 1. The summed E-state index contributed by atoms with van der Waals surface area (Å²) < 4.78 is 12.4. The summed E-state index contributed by atoms with van der Waals surface area (Å²) in [6.45, 7) is 8.39. The molecule has 3 atom stereocenters. The van der Waals surface area contributed by atoms with E-state index in [-0.39, 0.29) is 17.4 Å². The summed E-state index contributed by atoms with van der Waals surface area (Å²) in [5, 5.41) is 9.99. The maximum absolute atomic E-state index is 13.7. The zero-order valence-corrected chi connectivity index (χ0v) is 18.8. The van der Waals surface area contributed by atoms with Gasteiger partial charge in [0.05, 0.1) is 18.2 Å². The van der Waals surface area contributed by atoms with E-state index in [9.17, 15) is 14.7 Å². The van der Waals surface area contributed by atoms with Crippen LogP contribution in [0, 0.1) is 12.3 Å². The smallest absolute Gasteiger partial charge is 0.306 e. The fraction of sp³-hybridized carbons (Fsp3) is 0.417. The number of nitrogens with zero attached hydrogens (tertiary/aromatic N) is 1. The van der Waals surface area contributed by atoms with Crippen LogP contribution in [0.2, 0.25) is 5.02 Å². The van der Waals surface area contributed by atoms with Gasteiger partial charge in [-0.15, -0.1) is 0 Å². The lowest BCUT2D eigenvalue weighted by Crippen LogP contribution is -2.56. The molecular formula is C24H26ClNO5. The third-order valence-electron chi connectivity index (χ3n) is 5.84. The first-order valence-electron chi connectivity index (χ1n) is 10.3. The molecule has 31 heavy (non-hydrogen) atoms. The quantitative estimate of drug-likeness (QED) is 0.740. The Hall–Kier alpha value is -2.57. The second-order valence-corrected chi connectivity index (χ2v) is 9.63. The highest BCUT2D eigenvalue weighted by Crippen LogP contribution is 2.49. The average molecular weight is 444 g/mol. The molecule has 2 aromatic rings. The molecule has 0 bridgehead atoms. The number of amides is 1.